The van der Waals surface area contributed by atoms with Crippen LogP contribution < -0.4 is 5.73 Å². The molecule has 10 heavy (non-hydrogen) atoms. The molecular weight excluding hydrogens is 128 g/mol. The van der Waals surface area contributed by atoms with Gasteiger partial charge in [0.15, 0.2) is 6.29 Å². The Labute approximate surface area is 59.6 Å². The predicted molar refractivity (Wildman–Crippen MR) is 39.9 cm³/mol. The van der Waals surface area contributed by atoms with Gasteiger partial charge in [0.1, 0.15) is 5.70 Å². The Balaban J connectivity index is 2.34. The molecule has 3 heteroatoms. The van der Waals surface area contributed by atoms with Crippen molar-refractivity contribution >= 4 is 12.5 Å². The molecule has 3 nitrogen and oxygen atoms in total. The van der Waals surface area contributed by atoms with E-state index < -0.39 is 0 Å². The predicted octanol–water partition coefficient (Wildman–Crippen LogP) is 0.263. The lowest BCUT2D eigenvalue weighted by Gasteiger charge is -2.08. The van der Waals surface area contributed by atoms with Crippen molar-refractivity contribution in [1.82, 2.24) is 0 Å². The third-order valence-corrected chi connectivity index (χ3v) is 1.45. The summed E-state index contributed by atoms with van der Waals surface area (Å²) < 4.78 is 0. The van der Waals surface area contributed by atoms with Gasteiger partial charge < -0.3 is 5.73 Å². The molecule has 0 bridgehead atoms. The summed E-state index contributed by atoms with van der Waals surface area (Å²) in [6.07, 6.45) is 4.32. The molecular formula is C7H10N2O. The van der Waals surface area contributed by atoms with Gasteiger partial charge in [0.2, 0.25) is 0 Å². The largest absolute Gasteiger partial charge is 0.330 e. The first-order chi connectivity index (χ1) is 4.88. The summed E-state index contributed by atoms with van der Waals surface area (Å²) in [6, 6.07) is 0. The van der Waals surface area contributed by atoms with Gasteiger partial charge in [0.05, 0.1) is 0 Å². The summed E-state index contributed by atoms with van der Waals surface area (Å²) in [4.78, 5) is 13.9. The molecule has 0 spiro atoms. The van der Waals surface area contributed by atoms with E-state index in [1.165, 1.54) is 0 Å². The van der Waals surface area contributed by atoms with Crippen LogP contribution in [0.2, 0.25) is 0 Å². The van der Waals surface area contributed by atoms with Crippen LogP contribution in [0.25, 0.3) is 0 Å². The maximum Gasteiger partial charge on any atom is 0.168 e. The van der Waals surface area contributed by atoms with Gasteiger partial charge in [-0.3, -0.25) is 9.79 Å². The molecule has 0 radical (unpaired) electrons. The zero-order valence-electron chi connectivity index (χ0n) is 5.71. The molecule has 0 amide bonds. The van der Waals surface area contributed by atoms with E-state index in [9.17, 15) is 4.79 Å². The smallest absolute Gasteiger partial charge is 0.168 e. The van der Waals surface area contributed by atoms with E-state index in [1.807, 2.05) is 0 Å². The highest BCUT2D eigenvalue weighted by Crippen LogP contribution is 2.15. The van der Waals surface area contributed by atoms with Gasteiger partial charge in [-0.15, -0.1) is 0 Å². The van der Waals surface area contributed by atoms with Crippen molar-refractivity contribution in [3.63, 3.8) is 0 Å². The Hall–Kier alpha value is -0.960. The minimum Gasteiger partial charge on any atom is -0.330 e. The molecule has 2 N–H and O–H groups in total. The third kappa shape index (κ3) is 1.30. The van der Waals surface area contributed by atoms with Crippen molar-refractivity contribution in [3.05, 3.63) is 11.3 Å². The highest BCUT2D eigenvalue weighted by atomic mass is 16.1. The van der Waals surface area contributed by atoms with Crippen LogP contribution >= 0.6 is 0 Å². The second-order valence-electron chi connectivity index (χ2n) is 2.18. The minimum absolute atomic E-state index is 0.591. The van der Waals surface area contributed by atoms with Crippen LogP contribution in [-0.4, -0.2) is 19.0 Å². The Morgan fingerprint density at radius 1 is 1.70 bits per heavy atom. The van der Waals surface area contributed by atoms with Crippen molar-refractivity contribution in [2.45, 2.75) is 12.8 Å². The van der Waals surface area contributed by atoms with E-state index in [0.29, 0.717) is 12.2 Å². The Morgan fingerprint density at radius 2 is 2.50 bits per heavy atom. The third-order valence-electron chi connectivity index (χ3n) is 1.45. The monoisotopic (exact) mass is 138 g/mol. The Bertz CT molecular complexity index is 190. The van der Waals surface area contributed by atoms with Crippen molar-refractivity contribution in [2.24, 2.45) is 10.7 Å². The molecule has 0 saturated carbocycles. The highest BCUT2D eigenvalue weighted by Gasteiger charge is 2.08. The molecule has 0 atom stereocenters. The first-order valence-corrected chi connectivity index (χ1v) is 3.31. The van der Waals surface area contributed by atoms with Gasteiger partial charge in [-0.1, -0.05) is 0 Å². The molecule has 0 aromatic heterocycles. The van der Waals surface area contributed by atoms with E-state index in [-0.39, 0.29) is 0 Å². The number of allylic oxidation sites excluding steroid dienone is 2. The van der Waals surface area contributed by atoms with Crippen molar-refractivity contribution in [1.29, 1.82) is 0 Å². The zero-order valence-corrected chi connectivity index (χ0v) is 5.71. The average Bonchev–Trinajstić information content (AvgIpc) is 1.88. The number of hydrogen-bond donors (Lipinski definition) is 1. The fourth-order valence-corrected chi connectivity index (χ4v) is 0.822. The lowest BCUT2D eigenvalue weighted by atomic mass is 10.1. The van der Waals surface area contributed by atoms with Gasteiger partial charge >= 0.3 is 0 Å². The normalized spacial score (nSPS) is 15.3. The number of carbonyl (C=O) groups excluding carboxylic acids is 1. The number of carbonyl (C=O) groups is 1. The lowest BCUT2D eigenvalue weighted by molar-refractivity contribution is -0.105. The number of nitrogens with two attached hydrogens (primary N) is 1. The van der Waals surface area contributed by atoms with Gasteiger partial charge in [-0.25, -0.2) is 0 Å². The molecule has 1 rings (SSSR count). The summed E-state index contributed by atoms with van der Waals surface area (Å²) in [7, 11) is 0. The van der Waals surface area contributed by atoms with Gasteiger partial charge in [-0.2, -0.15) is 0 Å². The summed E-state index contributed by atoms with van der Waals surface area (Å²) in [5, 5.41) is 0. The number of nitrogens with zero attached hydrogens (tertiary/aromatic N) is 1. The second-order valence-corrected chi connectivity index (χ2v) is 2.18. The molecule has 54 valence electrons. The first-order valence-electron chi connectivity index (χ1n) is 3.31. The molecule has 0 fully saturated rings. The van der Waals surface area contributed by atoms with Gasteiger partial charge in [-0.05, 0) is 25.0 Å². The number of hydrogen-bond acceptors (Lipinski definition) is 3. The standard InChI is InChI=1S/C7H10N2O/c8-3-1-2-6-4-9-7(6)5-10/h4-5H,1-3,8H2. The van der Waals surface area contributed by atoms with Gasteiger partial charge in [0, 0.05) is 6.21 Å². The summed E-state index contributed by atoms with van der Waals surface area (Å²) in [6.45, 7) is 0.670. The number of aldehydes is 1. The summed E-state index contributed by atoms with van der Waals surface area (Å²) in [5.41, 5.74) is 6.92. The number of aliphatic imine (C=N–C) groups is 1. The molecule has 1 aliphatic heterocycles. The second kappa shape index (κ2) is 3.27. The first kappa shape index (κ1) is 7.15. The molecule has 0 saturated heterocycles. The van der Waals surface area contributed by atoms with E-state index >= 15 is 0 Å². The zero-order chi connectivity index (χ0) is 7.40. The lowest BCUT2D eigenvalue weighted by Crippen LogP contribution is -2.06. The molecule has 0 aromatic carbocycles. The van der Waals surface area contributed by atoms with Crippen LogP contribution in [0.15, 0.2) is 16.3 Å². The summed E-state index contributed by atoms with van der Waals surface area (Å²) >= 11 is 0. The fourth-order valence-electron chi connectivity index (χ4n) is 0.822. The van der Waals surface area contributed by atoms with Crippen LogP contribution in [-0.2, 0) is 4.79 Å². The Morgan fingerprint density at radius 3 is 2.90 bits per heavy atom. The Kier molecular flexibility index (Phi) is 2.34. The average molecular weight is 138 g/mol. The molecule has 1 aliphatic rings. The quantitative estimate of drug-likeness (QED) is 0.566. The van der Waals surface area contributed by atoms with Crippen LogP contribution in [0.5, 0.6) is 0 Å². The van der Waals surface area contributed by atoms with E-state index in [2.05, 4.69) is 4.99 Å². The SMILES string of the molecule is NCCCC1=C(C=O)N=C1. The van der Waals surface area contributed by atoms with E-state index in [1.54, 1.807) is 6.21 Å². The van der Waals surface area contributed by atoms with Crippen molar-refractivity contribution in [2.75, 3.05) is 6.54 Å². The maximum absolute atomic E-state index is 10.2. The van der Waals surface area contributed by atoms with Crippen LogP contribution in [0.1, 0.15) is 12.8 Å². The molecule has 0 aliphatic carbocycles. The van der Waals surface area contributed by atoms with Crippen LogP contribution in [0, 0.1) is 0 Å². The van der Waals surface area contributed by atoms with Crippen molar-refractivity contribution in [3.8, 4) is 0 Å². The minimum atomic E-state index is 0.591. The van der Waals surface area contributed by atoms with E-state index in [0.717, 1.165) is 24.7 Å². The van der Waals surface area contributed by atoms with Crippen molar-refractivity contribution < 1.29 is 4.79 Å². The van der Waals surface area contributed by atoms with Crippen LogP contribution in [0.4, 0.5) is 0 Å². The van der Waals surface area contributed by atoms with Crippen LogP contribution in [0.3, 0.4) is 0 Å². The fraction of sp³-hybridized carbons (Fsp3) is 0.429. The molecule has 0 unspecified atom stereocenters. The maximum atomic E-state index is 10.2. The topological polar surface area (TPSA) is 55.5 Å². The van der Waals surface area contributed by atoms with E-state index in [4.69, 9.17) is 5.73 Å². The molecule has 1 heterocycles. The molecule has 0 aromatic rings. The highest BCUT2D eigenvalue weighted by molar-refractivity contribution is 5.97. The summed E-state index contributed by atoms with van der Waals surface area (Å²) in [5.74, 6) is 0. The number of rotatable bonds is 4. The van der Waals surface area contributed by atoms with Gasteiger partial charge in [0.25, 0.3) is 0 Å².